The lowest BCUT2D eigenvalue weighted by molar-refractivity contribution is 0.0951. The molecule has 1 aromatic heterocycles. The Morgan fingerprint density at radius 2 is 1.72 bits per heavy atom. The van der Waals surface area contributed by atoms with Crippen LogP contribution in [0, 0.1) is 23.3 Å². The summed E-state index contributed by atoms with van der Waals surface area (Å²) >= 11 is 0. The third-order valence-electron chi connectivity index (χ3n) is 8.16. The highest BCUT2D eigenvalue weighted by Crippen LogP contribution is 2.41. The number of aromatic nitrogens is 1. The van der Waals surface area contributed by atoms with E-state index in [1.165, 1.54) is 18.2 Å². The molecule has 0 radical (unpaired) electrons. The number of carbonyl (C=O) groups is 1. The summed E-state index contributed by atoms with van der Waals surface area (Å²) in [6.45, 7) is 1.74. The zero-order valence-corrected chi connectivity index (χ0v) is 24.2. The topological polar surface area (TPSA) is 112 Å². The Morgan fingerprint density at radius 3 is 2.35 bits per heavy atom. The Bertz CT molecular complexity index is 1710. The van der Waals surface area contributed by atoms with Gasteiger partial charge in [0.1, 0.15) is 5.82 Å². The van der Waals surface area contributed by atoms with Gasteiger partial charge in [-0.15, -0.1) is 0 Å². The SMILES string of the molecule is CC1(NS(=O)(=O)Nc2nccc(Cc3cc(C(=O)NC4CC4)c(Nc4ccc(C5CC5)cc4F)c(F)c3F)c2F)CCC1. The van der Waals surface area contributed by atoms with E-state index in [4.69, 9.17) is 0 Å². The molecule has 4 N–H and O–H groups in total. The van der Waals surface area contributed by atoms with Crippen molar-refractivity contribution in [2.24, 2.45) is 0 Å². The van der Waals surface area contributed by atoms with Crippen molar-refractivity contribution in [2.45, 2.75) is 75.8 Å². The lowest BCUT2D eigenvalue weighted by Crippen LogP contribution is -2.52. The zero-order chi connectivity index (χ0) is 30.5. The monoisotopic (exact) mass is 617 g/mol. The number of rotatable bonds is 11. The molecule has 3 saturated carbocycles. The molecule has 3 aliphatic rings. The largest absolute Gasteiger partial charge is 0.350 e. The van der Waals surface area contributed by atoms with Crippen LogP contribution in [0.1, 0.15) is 84.8 Å². The maximum atomic E-state index is 15.6. The van der Waals surface area contributed by atoms with Gasteiger partial charge < -0.3 is 10.6 Å². The van der Waals surface area contributed by atoms with Crippen molar-refractivity contribution in [1.82, 2.24) is 15.0 Å². The van der Waals surface area contributed by atoms with E-state index in [2.05, 4.69) is 25.1 Å². The first kappa shape index (κ1) is 29.4. The second-order valence-electron chi connectivity index (χ2n) is 11.9. The van der Waals surface area contributed by atoms with Crippen molar-refractivity contribution < 1.29 is 30.8 Å². The van der Waals surface area contributed by atoms with Gasteiger partial charge in [-0.05, 0) is 98.7 Å². The van der Waals surface area contributed by atoms with Crippen molar-refractivity contribution in [3.63, 3.8) is 0 Å². The summed E-state index contributed by atoms with van der Waals surface area (Å²) in [6, 6.07) is 6.65. The van der Waals surface area contributed by atoms with Gasteiger partial charge in [-0.3, -0.25) is 9.52 Å². The number of hydrogen-bond acceptors (Lipinski definition) is 5. The Morgan fingerprint density at radius 1 is 0.977 bits per heavy atom. The predicted molar refractivity (Wildman–Crippen MR) is 153 cm³/mol. The van der Waals surface area contributed by atoms with E-state index >= 15 is 13.2 Å². The van der Waals surface area contributed by atoms with Crippen molar-refractivity contribution in [3.05, 3.63) is 82.1 Å². The summed E-state index contributed by atoms with van der Waals surface area (Å²) in [6.07, 6.45) is 6.13. The smallest absolute Gasteiger partial charge is 0.300 e. The molecule has 0 unspecified atom stereocenters. The number of pyridine rings is 1. The number of nitrogens with one attached hydrogen (secondary N) is 4. The van der Waals surface area contributed by atoms with E-state index in [9.17, 15) is 17.6 Å². The molecular formula is C30H31F4N5O3S. The molecule has 0 aliphatic heterocycles. The van der Waals surface area contributed by atoms with Gasteiger partial charge >= 0.3 is 10.2 Å². The molecule has 0 bridgehead atoms. The molecule has 6 rings (SSSR count). The summed E-state index contributed by atoms with van der Waals surface area (Å²) in [5.41, 5.74) is -1.32. The summed E-state index contributed by atoms with van der Waals surface area (Å²) in [5, 5.41) is 5.28. The van der Waals surface area contributed by atoms with Gasteiger partial charge in [0.2, 0.25) is 0 Å². The average molecular weight is 618 g/mol. The maximum Gasteiger partial charge on any atom is 0.300 e. The minimum atomic E-state index is -4.18. The number of halogens is 4. The highest BCUT2D eigenvalue weighted by molar-refractivity contribution is 7.90. The summed E-state index contributed by atoms with van der Waals surface area (Å²) in [5.74, 6) is -5.56. The molecule has 0 spiro atoms. The van der Waals surface area contributed by atoms with Gasteiger partial charge in [0.05, 0.1) is 16.9 Å². The van der Waals surface area contributed by atoms with Gasteiger partial charge in [0.15, 0.2) is 23.3 Å². The van der Waals surface area contributed by atoms with Crippen LogP contribution in [-0.4, -0.2) is 30.9 Å². The molecule has 0 saturated heterocycles. The van der Waals surface area contributed by atoms with Crippen LogP contribution in [-0.2, 0) is 16.6 Å². The molecule has 13 heteroatoms. The maximum absolute atomic E-state index is 15.6. The lowest BCUT2D eigenvalue weighted by Gasteiger charge is -2.38. The third-order valence-corrected chi connectivity index (χ3v) is 9.38. The van der Waals surface area contributed by atoms with Crippen LogP contribution >= 0.6 is 0 Å². The minimum Gasteiger partial charge on any atom is -0.350 e. The molecule has 8 nitrogen and oxygen atoms in total. The number of nitrogens with zero attached hydrogens (tertiary/aromatic N) is 1. The van der Waals surface area contributed by atoms with Crippen LogP contribution in [0.2, 0.25) is 0 Å². The van der Waals surface area contributed by atoms with Crippen LogP contribution in [0.3, 0.4) is 0 Å². The molecule has 1 amide bonds. The fourth-order valence-electron chi connectivity index (χ4n) is 5.22. The van der Waals surface area contributed by atoms with Gasteiger partial charge in [0.25, 0.3) is 5.91 Å². The average Bonchev–Trinajstić information content (AvgIpc) is 3.85. The van der Waals surface area contributed by atoms with Crippen molar-refractivity contribution in [2.75, 3.05) is 10.0 Å². The molecular weight excluding hydrogens is 586 g/mol. The zero-order valence-electron chi connectivity index (χ0n) is 23.4. The molecule has 0 atom stereocenters. The molecule has 3 aliphatic carbocycles. The minimum absolute atomic E-state index is 0.115. The molecule has 1 heterocycles. The third kappa shape index (κ3) is 6.47. The second kappa shape index (κ2) is 11.1. The Hall–Kier alpha value is -3.71. The summed E-state index contributed by atoms with van der Waals surface area (Å²) in [4.78, 5) is 16.9. The molecule has 2 aromatic carbocycles. The predicted octanol–water partition coefficient (Wildman–Crippen LogP) is 5.93. The second-order valence-corrected chi connectivity index (χ2v) is 13.3. The number of hydrogen-bond donors (Lipinski definition) is 4. The normalized spacial score (nSPS) is 17.7. The van der Waals surface area contributed by atoms with Gasteiger partial charge in [0, 0.05) is 24.2 Å². The van der Waals surface area contributed by atoms with Crippen LogP contribution < -0.4 is 20.1 Å². The highest BCUT2D eigenvalue weighted by atomic mass is 32.2. The fraction of sp³-hybridized carbons (Fsp3) is 0.400. The molecule has 3 aromatic rings. The Balaban J connectivity index is 1.30. The van der Waals surface area contributed by atoms with Crippen LogP contribution in [0.4, 0.5) is 34.8 Å². The number of anilines is 3. The summed E-state index contributed by atoms with van der Waals surface area (Å²) < 4.78 is 91.2. The fourth-order valence-corrected chi connectivity index (χ4v) is 6.52. The lowest BCUT2D eigenvalue weighted by atomic mass is 9.80. The van der Waals surface area contributed by atoms with E-state index in [0.717, 1.165) is 49.9 Å². The molecule has 43 heavy (non-hydrogen) atoms. The van der Waals surface area contributed by atoms with E-state index < -0.39 is 62.9 Å². The van der Waals surface area contributed by atoms with E-state index in [1.807, 2.05) is 0 Å². The van der Waals surface area contributed by atoms with Gasteiger partial charge in [-0.2, -0.15) is 13.1 Å². The Labute approximate surface area is 246 Å². The van der Waals surface area contributed by atoms with E-state index in [-0.39, 0.29) is 34.3 Å². The van der Waals surface area contributed by atoms with Crippen LogP contribution in [0.15, 0.2) is 36.5 Å². The van der Waals surface area contributed by atoms with Crippen molar-refractivity contribution >= 4 is 33.3 Å². The van der Waals surface area contributed by atoms with Crippen molar-refractivity contribution in [3.8, 4) is 0 Å². The standard InChI is InChI=1S/C30H31F4N5O3S/c1-30(10-2-11-30)39-43(41,42)38-28-25(33)18(9-12-35-28)13-19-14-21(29(40)36-20-6-7-20)27(26(34)24(19)32)37-23-8-5-17(15-22(23)31)16-3-4-16/h5,8-9,12,14-16,20,37,39H,2-4,6-7,10-11,13H2,1H3,(H,35,38)(H,36,40). The number of benzene rings is 2. The molecule has 228 valence electrons. The Kier molecular flexibility index (Phi) is 7.57. The number of amides is 1. The number of carbonyl (C=O) groups excluding carboxylic acids is 1. The van der Waals surface area contributed by atoms with E-state index in [1.54, 1.807) is 13.0 Å². The van der Waals surface area contributed by atoms with Gasteiger partial charge in [-0.25, -0.2) is 22.5 Å². The molecule has 3 fully saturated rings. The highest BCUT2D eigenvalue weighted by Gasteiger charge is 2.36. The van der Waals surface area contributed by atoms with Gasteiger partial charge in [-0.1, -0.05) is 6.07 Å². The van der Waals surface area contributed by atoms with E-state index in [0.29, 0.717) is 12.8 Å². The first-order chi connectivity index (χ1) is 20.4. The van der Waals surface area contributed by atoms with Crippen LogP contribution in [0.5, 0.6) is 0 Å². The first-order valence-electron chi connectivity index (χ1n) is 14.2. The van der Waals surface area contributed by atoms with Crippen LogP contribution in [0.25, 0.3) is 0 Å². The first-order valence-corrected chi connectivity index (χ1v) is 15.7. The summed E-state index contributed by atoms with van der Waals surface area (Å²) in [7, 11) is -4.18. The van der Waals surface area contributed by atoms with Crippen molar-refractivity contribution in [1.29, 1.82) is 0 Å². The quantitative estimate of drug-likeness (QED) is 0.199.